The van der Waals surface area contributed by atoms with Crippen LogP contribution in [0.3, 0.4) is 0 Å². The lowest BCUT2D eigenvalue weighted by Gasteiger charge is -2.09. The molecule has 3 aromatic carbocycles. The lowest BCUT2D eigenvalue weighted by molar-refractivity contribution is -0.384. The number of methoxy groups -OCH3 is 1. The van der Waals surface area contributed by atoms with E-state index in [9.17, 15) is 10.1 Å². The third-order valence-corrected chi connectivity index (χ3v) is 4.91. The van der Waals surface area contributed by atoms with Crippen LogP contribution in [0.2, 0.25) is 0 Å². The van der Waals surface area contributed by atoms with Gasteiger partial charge in [0.2, 0.25) is 11.7 Å². The number of benzene rings is 3. The average molecular weight is 416 g/mol. The van der Waals surface area contributed by atoms with Crippen molar-refractivity contribution in [3.8, 4) is 17.1 Å². The Kier molecular flexibility index (Phi) is 4.47. The van der Waals surface area contributed by atoms with Crippen molar-refractivity contribution in [2.75, 3.05) is 12.4 Å². The van der Waals surface area contributed by atoms with Gasteiger partial charge < -0.3 is 19.0 Å². The van der Waals surface area contributed by atoms with Gasteiger partial charge in [0.1, 0.15) is 16.9 Å². The Bertz CT molecular complexity index is 1420. The summed E-state index contributed by atoms with van der Waals surface area (Å²) < 4.78 is 16.8. The van der Waals surface area contributed by atoms with Crippen molar-refractivity contribution < 1.29 is 18.6 Å². The Morgan fingerprint density at radius 1 is 1.06 bits per heavy atom. The van der Waals surface area contributed by atoms with Gasteiger partial charge in [-0.3, -0.25) is 10.1 Å². The largest absolute Gasteiger partial charge is 0.495 e. The first kappa shape index (κ1) is 18.6. The second-order valence-corrected chi connectivity index (χ2v) is 6.82. The van der Waals surface area contributed by atoms with Crippen molar-refractivity contribution in [1.82, 2.24) is 10.1 Å². The maximum absolute atomic E-state index is 11.0. The van der Waals surface area contributed by atoms with E-state index in [4.69, 9.17) is 13.7 Å². The highest BCUT2D eigenvalue weighted by Gasteiger charge is 2.15. The summed E-state index contributed by atoms with van der Waals surface area (Å²) in [7, 11) is 1.60. The molecule has 2 aromatic heterocycles. The molecule has 0 aliphatic rings. The van der Waals surface area contributed by atoms with Crippen molar-refractivity contribution in [3.63, 3.8) is 0 Å². The van der Waals surface area contributed by atoms with Crippen molar-refractivity contribution in [1.29, 1.82) is 0 Å². The smallest absolute Gasteiger partial charge is 0.270 e. The second-order valence-electron chi connectivity index (χ2n) is 6.82. The van der Waals surface area contributed by atoms with Gasteiger partial charge in [-0.05, 0) is 12.1 Å². The number of nitrogens with one attached hydrogen (secondary N) is 1. The first-order valence-electron chi connectivity index (χ1n) is 9.43. The number of aromatic nitrogens is 2. The summed E-state index contributed by atoms with van der Waals surface area (Å²) in [5, 5.41) is 20.1. The van der Waals surface area contributed by atoms with Crippen LogP contribution in [-0.2, 0) is 6.54 Å². The third-order valence-electron chi connectivity index (χ3n) is 4.91. The number of nitro benzene ring substituents is 1. The zero-order valence-electron chi connectivity index (χ0n) is 16.4. The maximum atomic E-state index is 11.0. The van der Waals surface area contributed by atoms with E-state index in [2.05, 4.69) is 15.5 Å². The van der Waals surface area contributed by atoms with E-state index in [1.165, 1.54) is 12.1 Å². The van der Waals surface area contributed by atoms with E-state index in [-0.39, 0.29) is 18.1 Å². The first-order chi connectivity index (χ1) is 15.1. The van der Waals surface area contributed by atoms with Gasteiger partial charge in [0, 0.05) is 34.5 Å². The quantitative estimate of drug-likeness (QED) is 0.298. The van der Waals surface area contributed by atoms with E-state index in [0.29, 0.717) is 22.9 Å². The van der Waals surface area contributed by atoms with Gasteiger partial charge >= 0.3 is 0 Å². The molecule has 0 amide bonds. The number of non-ortho nitro benzene ring substituents is 1. The molecule has 31 heavy (non-hydrogen) atoms. The summed E-state index contributed by atoms with van der Waals surface area (Å²) >= 11 is 0. The Morgan fingerprint density at radius 2 is 1.94 bits per heavy atom. The summed E-state index contributed by atoms with van der Waals surface area (Å²) in [6.07, 6.45) is 0. The van der Waals surface area contributed by atoms with E-state index in [0.717, 1.165) is 21.9 Å². The number of nitro groups is 1. The van der Waals surface area contributed by atoms with Crippen LogP contribution in [0.1, 0.15) is 5.89 Å². The van der Waals surface area contributed by atoms with Gasteiger partial charge in [0.05, 0.1) is 24.3 Å². The topological polar surface area (TPSA) is 116 Å². The van der Waals surface area contributed by atoms with Crippen LogP contribution in [0.5, 0.6) is 5.75 Å². The fraction of sp³-hybridized carbons (Fsp3) is 0.0909. The number of anilines is 1. The van der Waals surface area contributed by atoms with Gasteiger partial charge in [-0.25, -0.2) is 0 Å². The molecular formula is C22H16N4O5. The monoisotopic (exact) mass is 416 g/mol. The van der Waals surface area contributed by atoms with E-state index in [1.807, 2.05) is 36.4 Å². The normalized spacial score (nSPS) is 11.1. The highest BCUT2D eigenvalue weighted by Crippen LogP contribution is 2.36. The van der Waals surface area contributed by atoms with Crippen LogP contribution in [0, 0.1) is 10.1 Å². The van der Waals surface area contributed by atoms with Crippen LogP contribution in [0.25, 0.3) is 33.3 Å². The van der Waals surface area contributed by atoms with Gasteiger partial charge in [0.15, 0.2) is 0 Å². The molecule has 1 N–H and O–H groups in total. The highest BCUT2D eigenvalue weighted by atomic mass is 16.6. The van der Waals surface area contributed by atoms with Crippen LogP contribution >= 0.6 is 0 Å². The van der Waals surface area contributed by atoms with Crippen LogP contribution in [0.15, 0.2) is 69.6 Å². The Morgan fingerprint density at radius 3 is 2.77 bits per heavy atom. The minimum atomic E-state index is -0.466. The van der Waals surface area contributed by atoms with E-state index in [1.54, 1.807) is 19.2 Å². The fourth-order valence-corrected chi connectivity index (χ4v) is 3.43. The molecule has 0 aliphatic carbocycles. The molecule has 0 bridgehead atoms. The van der Waals surface area contributed by atoms with Crippen molar-refractivity contribution >= 4 is 33.3 Å². The molecule has 0 unspecified atom stereocenters. The summed E-state index contributed by atoms with van der Waals surface area (Å²) in [4.78, 5) is 14.8. The van der Waals surface area contributed by atoms with Crippen LogP contribution < -0.4 is 10.1 Å². The molecule has 0 radical (unpaired) electrons. The zero-order valence-corrected chi connectivity index (χ0v) is 16.4. The number of nitrogens with zero attached hydrogens (tertiary/aromatic N) is 3. The SMILES string of the molecule is COc1cc2c(cc1NCc1nc(-c3cccc([N+](=O)[O-])c3)no1)oc1ccccc12. The molecular weight excluding hydrogens is 400 g/mol. The van der Waals surface area contributed by atoms with Crippen LogP contribution in [0.4, 0.5) is 11.4 Å². The molecule has 0 spiro atoms. The van der Waals surface area contributed by atoms with Gasteiger partial charge in [-0.1, -0.05) is 35.5 Å². The Labute approximate surface area is 175 Å². The minimum Gasteiger partial charge on any atom is -0.495 e. The summed E-state index contributed by atoms with van der Waals surface area (Å²) in [6, 6.07) is 17.7. The van der Waals surface area contributed by atoms with Gasteiger partial charge in [-0.15, -0.1) is 0 Å². The molecule has 0 saturated carbocycles. The van der Waals surface area contributed by atoms with Crippen LogP contribution in [-0.4, -0.2) is 22.2 Å². The molecule has 0 saturated heterocycles. The number of furan rings is 1. The van der Waals surface area contributed by atoms with Crippen molar-refractivity contribution in [2.24, 2.45) is 0 Å². The summed E-state index contributed by atoms with van der Waals surface area (Å²) in [5.41, 5.74) is 2.71. The number of hydrogen-bond donors (Lipinski definition) is 1. The highest BCUT2D eigenvalue weighted by molar-refractivity contribution is 6.06. The number of hydrogen-bond acceptors (Lipinski definition) is 8. The molecule has 5 rings (SSSR count). The zero-order chi connectivity index (χ0) is 21.4. The number of rotatable bonds is 6. The third kappa shape index (κ3) is 3.42. The lowest BCUT2D eigenvalue weighted by atomic mass is 10.1. The molecule has 9 nitrogen and oxygen atoms in total. The minimum absolute atomic E-state index is 0.0363. The average Bonchev–Trinajstić information content (AvgIpc) is 3.41. The molecule has 2 heterocycles. The Hall–Kier alpha value is -4.40. The van der Waals surface area contributed by atoms with Gasteiger partial charge in [0.25, 0.3) is 5.69 Å². The predicted molar refractivity (Wildman–Crippen MR) is 114 cm³/mol. The van der Waals surface area contributed by atoms with E-state index >= 15 is 0 Å². The standard InChI is InChI=1S/C22H16N4O5/c1-29-20-10-16-15-7-2-3-8-18(15)30-19(16)11-17(20)23-12-21-24-22(25-31-21)13-5-4-6-14(9-13)26(27)28/h2-11,23H,12H2,1H3. The van der Waals surface area contributed by atoms with Crippen molar-refractivity contribution in [2.45, 2.75) is 6.54 Å². The molecule has 0 fully saturated rings. The molecule has 0 aliphatic heterocycles. The lowest BCUT2D eigenvalue weighted by Crippen LogP contribution is -2.01. The molecule has 9 heteroatoms. The fourth-order valence-electron chi connectivity index (χ4n) is 3.43. The number of ether oxygens (including phenoxy) is 1. The molecule has 0 atom stereocenters. The summed E-state index contributed by atoms with van der Waals surface area (Å²) in [6.45, 7) is 0.240. The van der Waals surface area contributed by atoms with E-state index < -0.39 is 4.92 Å². The second kappa shape index (κ2) is 7.45. The number of fused-ring (bicyclic) bond motifs is 3. The molecule has 5 aromatic rings. The maximum Gasteiger partial charge on any atom is 0.270 e. The number of para-hydroxylation sites is 1. The van der Waals surface area contributed by atoms with Gasteiger partial charge in [-0.2, -0.15) is 4.98 Å². The molecule has 154 valence electrons. The summed E-state index contributed by atoms with van der Waals surface area (Å²) in [5.74, 6) is 1.26. The Balaban J connectivity index is 1.40. The predicted octanol–water partition coefficient (Wildman–Crippen LogP) is 5.16. The van der Waals surface area contributed by atoms with Crippen molar-refractivity contribution in [3.05, 3.63) is 76.7 Å². The first-order valence-corrected chi connectivity index (χ1v) is 9.43.